The Labute approximate surface area is 285 Å². The summed E-state index contributed by atoms with van der Waals surface area (Å²) in [6.45, 7) is -1.98. The van der Waals surface area contributed by atoms with E-state index >= 15 is 0 Å². The predicted molar refractivity (Wildman–Crippen MR) is 154 cm³/mol. The lowest BCUT2D eigenvalue weighted by Gasteiger charge is -2.18. The van der Waals surface area contributed by atoms with E-state index in [9.17, 15) is 30.0 Å². The summed E-state index contributed by atoms with van der Waals surface area (Å²) in [5.74, 6) is -5.18. The lowest BCUT2D eigenvalue weighted by Crippen LogP contribution is -2.24. The van der Waals surface area contributed by atoms with Crippen molar-refractivity contribution in [3.8, 4) is 17.2 Å². The van der Waals surface area contributed by atoms with Gasteiger partial charge in [0.15, 0.2) is 11.5 Å². The van der Waals surface area contributed by atoms with Gasteiger partial charge in [-0.2, -0.15) is 25.3 Å². The molecule has 42 heavy (non-hydrogen) atoms. The normalized spacial score (nSPS) is 13.5. The van der Waals surface area contributed by atoms with Crippen LogP contribution >= 0.6 is 104 Å². The SMILES string of the molecule is CCCOC(=O)c1cc(OS(=O)(=O)OCC(Cl)(Cl)Cl)c(OS(=O)(=O)OCC(Cl)(Cl)Cl)c(OS(=O)(=O)OCC(Cl)(Cl)Cl)c1. The van der Waals surface area contributed by atoms with Crippen LogP contribution in [0.25, 0.3) is 0 Å². The van der Waals surface area contributed by atoms with Gasteiger partial charge in [-0.3, -0.25) is 0 Å². The zero-order valence-electron chi connectivity index (χ0n) is 20.0. The second kappa shape index (κ2) is 15.8. The van der Waals surface area contributed by atoms with Gasteiger partial charge in [0.25, 0.3) is 0 Å². The van der Waals surface area contributed by atoms with Gasteiger partial charge in [0, 0.05) is 12.1 Å². The lowest BCUT2D eigenvalue weighted by molar-refractivity contribution is 0.0504. The minimum absolute atomic E-state index is 0.169. The topological polar surface area (TPSA) is 184 Å². The maximum Gasteiger partial charge on any atom is 0.449 e. The Morgan fingerprint density at radius 3 is 1.29 bits per heavy atom. The summed E-state index contributed by atoms with van der Waals surface area (Å²) in [5.41, 5.74) is -0.687. The maximum atomic E-state index is 12.5. The summed E-state index contributed by atoms with van der Waals surface area (Å²) in [6, 6.07) is 1.05. The van der Waals surface area contributed by atoms with E-state index in [4.69, 9.17) is 109 Å². The molecule has 1 aromatic carbocycles. The van der Waals surface area contributed by atoms with Crippen molar-refractivity contribution < 1.29 is 59.9 Å². The Kier molecular flexibility index (Phi) is 15.2. The van der Waals surface area contributed by atoms with Gasteiger partial charge in [-0.15, -0.1) is 0 Å². The number of hydrogen-bond acceptors (Lipinski definition) is 14. The largest absolute Gasteiger partial charge is 0.462 e. The fourth-order valence-corrected chi connectivity index (χ4v) is 5.23. The van der Waals surface area contributed by atoms with Crippen LogP contribution in [0.15, 0.2) is 12.1 Å². The van der Waals surface area contributed by atoms with E-state index in [2.05, 4.69) is 25.1 Å². The highest BCUT2D eigenvalue weighted by molar-refractivity contribution is 7.83. The second-order valence-corrected chi connectivity index (χ2v) is 18.2. The van der Waals surface area contributed by atoms with Crippen molar-refractivity contribution in [1.29, 1.82) is 0 Å². The zero-order chi connectivity index (χ0) is 32.8. The summed E-state index contributed by atoms with van der Waals surface area (Å²) in [6.07, 6.45) is 0.316. The molecule has 0 spiro atoms. The van der Waals surface area contributed by atoms with Crippen molar-refractivity contribution >= 4 is 142 Å². The van der Waals surface area contributed by atoms with E-state index < -0.39 is 91.2 Å². The van der Waals surface area contributed by atoms with Crippen molar-refractivity contribution in [3.63, 3.8) is 0 Å². The molecule has 1 rings (SSSR count). The van der Waals surface area contributed by atoms with Gasteiger partial charge in [-0.05, 0) is 6.42 Å². The summed E-state index contributed by atoms with van der Waals surface area (Å²) in [5, 5.41) is 0. The molecule has 244 valence electrons. The standard InChI is InChI=1S/C16H15Cl9O14S3/c1-2-3-33-13(26)9-4-10(37-40(27,28)34-6-14(17,18)19)12(39-42(31,32)36-8-16(23,24)25)11(5-9)38-41(29,30)35-7-15(20,21)22/h4-5H,2-3,6-8H2,1H3. The Balaban J connectivity index is 3.82. The van der Waals surface area contributed by atoms with Crippen LogP contribution in [0.4, 0.5) is 0 Å². The van der Waals surface area contributed by atoms with Crippen molar-refractivity contribution in [2.75, 3.05) is 26.4 Å². The maximum absolute atomic E-state index is 12.5. The molecule has 0 bridgehead atoms. The molecule has 0 atom stereocenters. The van der Waals surface area contributed by atoms with Crippen LogP contribution in [0, 0.1) is 0 Å². The van der Waals surface area contributed by atoms with Crippen molar-refractivity contribution in [3.05, 3.63) is 17.7 Å². The third-order valence-corrected chi connectivity index (χ3v) is 6.70. The fraction of sp³-hybridized carbons (Fsp3) is 0.562. The van der Waals surface area contributed by atoms with Gasteiger partial charge in [0.2, 0.25) is 17.1 Å². The molecule has 0 aliphatic heterocycles. The number of carbonyl (C=O) groups excluding carboxylic acids is 1. The molecular formula is C16H15Cl9O14S3. The molecule has 0 heterocycles. The monoisotopic (exact) mass is 842 g/mol. The van der Waals surface area contributed by atoms with E-state index in [1.165, 1.54) is 0 Å². The summed E-state index contributed by atoms with van der Waals surface area (Å²) < 4.78 is 99.7. The van der Waals surface area contributed by atoms with Crippen molar-refractivity contribution in [1.82, 2.24) is 0 Å². The first-order valence-corrected chi connectivity index (χ1v) is 17.5. The van der Waals surface area contributed by atoms with Gasteiger partial charge in [0.05, 0.1) is 12.2 Å². The third-order valence-electron chi connectivity index (χ3n) is 3.36. The van der Waals surface area contributed by atoms with Gasteiger partial charge in [-0.25, -0.2) is 17.3 Å². The second-order valence-electron chi connectivity index (χ2n) is 7.04. The first-order valence-electron chi connectivity index (χ1n) is 10.0. The molecule has 26 heteroatoms. The van der Waals surface area contributed by atoms with Gasteiger partial charge >= 0.3 is 37.2 Å². The first-order chi connectivity index (χ1) is 18.7. The van der Waals surface area contributed by atoms with Crippen LogP contribution in [0.2, 0.25) is 0 Å². The highest BCUT2D eigenvalue weighted by Crippen LogP contribution is 2.42. The molecule has 0 fully saturated rings. The number of hydrogen-bond donors (Lipinski definition) is 0. The highest BCUT2D eigenvalue weighted by atomic mass is 35.6. The average Bonchev–Trinajstić information content (AvgIpc) is 2.79. The van der Waals surface area contributed by atoms with E-state index in [0.717, 1.165) is 0 Å². The van der Waals surface area contributed by atoms with Crippen molar-refractivity contribution in [2.45, 2.75) is 24.7 Å². The number of halogens is 9. The zero-order valence-corrected chi connectivity index (χ0v) is 29.3. The molecule has 0 saturated carbocycles. The minimum Gasteiger partial charge on any atom is -0.462 e. The number of benzene rings is 1. The van der Waals surface area contributed by atoms with E-state index in [1.54, 1.807) is 6.92 Å². The number of esters is 1. The molecule has 0 radical (unpaired) electrons. The molecular weight excluding hydrogens is 831 g/mol. The molecule has 0 aromatic heterocycles. The van der Waals surface area contributed by atoms with E-state index in [0.29, 0.717) is 18.6 Å². The molecule has 0 aliphatic carbocycles. The molecule has 0 unspecified atom stereocenters. The molecule has 0 aliphatic rings. The van der Waals surface area contributed by atoms with Crippen LogP contribution in [0.1, 0.15) is 23.7 Å². The van der Waals surface area contributed by atoms with E-state index in [-0.39, 0.29) is 6.61 Å². The Morgan fingerprint density at radius 2 is 0.976 bits per heavy atom. The number of alkyl halides is 9. The quantitative estimate of drug-likeness (QED) is 0.164. The summed E-state index contributed by atoms with van der Waals surface area (Å²) in [7, 11) is -16.0. The lowest BCUT2D eigenvalue weighted by atomic mass is 10.2. The highest BCUT2D eigenvalue weighted by Gasteiger charge is 2.34. The summed E-state index contributed by atoms with van der Waals surface area (Å²) >= 11 is 49.0. The smallest absolute Gasteiger partial charge is 0.449 e. The van der Waals surface area contributed by atoms with E-state index in [1.807, 2.05) is 0 Å². The average molecular weight is 847 g/mol. The van der Waals surface area contributed by atoms with Gasteiger partial charge in [-0.1, -0.05) is 111 Å². The Bertz CT molecular complexity index is 1350. The van der Waals surface area contributed by atoms with Crippen LogP contribution < -0.4 is 12.5 Å². The van der Waals surface area contributed by atoms with Crippen LogP contribution in [0.3, 0.4) is 0 Å². The number of ether oxygens (including phenoxy) is 1. The van der Waals surface area contributed by atoms with Gasteiger partial charge < -0.3 is 17.3 Å². The minimum atomic E-state index is -5.37. The Morgan fingerprint density at radius 1 is 0.643 bits per heavy atom. The Hall–Kier alpha value is 0.430. The summed E-state index contributed by atoms with van der Waals surface area (Å²) in [4.78, 5) is 12.5. The van der Waals surface area contributed by atoms with Crippen LogP contribution in [-0.4, -0.2) is 69.0 Å². The third kappa shape index (κ3) is 17.2. The molecule has 0 amide bonds. The number of rotatable bonds is 15. The van der Waals surface area contributed by atoms with Gasteiger partial charge in [0.1, 0.15) is 19.8 Å². The van der Waals surface area contributed by atoms with Crippen molar-refractivity contribution in [2.24, 2.45) is 0 Å². The molecule has 0 saturated heterocycles. The molecule has 0 N–H and O–H groups in total. The fourth-order valence-electron chi connectivity index (χ4n) is 1.99. The van der Waals surface area contributed by atoms with Crippen LogP contribution in [-0.2, 0) is 48.5 Å². The number of carbonyl (C=O) groups is 1. The van der Waals surface area contributed by atoms with Crippen LogP contribution in [0.5, 0.6) is 17.2 Å². The first kappa shape index (κ1) is 40.5. The molecule has 14 nitrogen and oxygen atoms in total. The predicted octanol–water partition coefficient (Wildman–Crippen LogP) is 5.28. The molecule has 1 aromatic rings.